The molecule has 1 aromatic heterocycles. The topological polar surface area (TPSA) is 78.4 Å². The van der Waals surface area contributed by atoms with Gasteiger partial charge in [-0.25, -0.2) is 9.37 Å². The van der Waals surface area contributed by atoms with Crippen LogP contribution < -0.4 is 16.0 Å². The number of hydrogen-bond donors (Lipinski definition) is 3. The average Bonchev–Trinajstić information content (AvgIpc) is 3.06. The SMILES string of the molecule is CN=C(NCC(=O)Nc1ccc(F)cc1)NCc1nc(C(F)(F)F)cs1.I. The Labute approximate surface area is 173 Å². The standard InChI is InChI=1S/C15H15F4N5OS.HI/c1-20-14(22-7-13-24-11(8-26-13)15(17,18)19)21-6-12(25)23-10-4-2-9(16)3-5-10;/h2-5,8H,6-7H2,1H3,(H,23,25)(H2,20,21,22);1H. The quantitative estimate of drug-likeness (QED) is 0.247. The molecule has 6 nitrogen and oxygen atoms in total. The maximum Gasteiger partial charge on any atom is 0.434 e. The predicted molar refractivity (Wildman–Crippen MR) is 106 cm³/mol. The smallest absolute Gasteiger partial charge is 0.350 e. The highest BCUT2D eigenvalue weighted by Gasteiger charge is 2.33. The molecule has 2 rings (SSSR count). The summed E-state index contributed by atoms with van der Waals surface area (Å²) in [5.74, 6) is -0.585. The molecule has 0 aliphatic rings. The largest absolute Gasteiger partial charge is 0.434 e. The van der Waals surface area contributed by atoms with Crippen LogP contribution in [0.4, 0.5) is 23.2 Å². The number of nitrogens with zero attached hydrogens (tertiary/aromatic N) is 2. The first-order chi connectivity index (χ1) is 12.3. The molecule has 0 unspecified atom stereocenters. The highest BCUT2D eigenvalue weighted by Crippen LogP contribution is 2.29. The number of carbonyl (C=O) groups excluding carboxylic acids is 1. The molecule has 0 saturated heterocycles. The number of carbonyl (C=O) groups is 1. The van der Waals surface area contributed by atoms with Crippen LogP contribution in [0.25, 0.3) is 0 Å². The van der Waals surface area contributed by atoms with Gasteiger partial charge in [0.2, 0.25) is 5.91 Å². The van der Waals surface area contributed by atoms with Crippen LogP contribution in [0.5, 0.6) is 0 Å². The molecule has 148 valence electrons. The maximum atomic E-state index is 12.8. The van der Waals surface area contributed by atoms with Crippen LogP contribution >= 0.6 is 35.3 Å². The van der Waals surface area contributed by atoms with E-state index < -0.39 is 23.6 Å². The van der Waals surface area contributed by atoms with Gasteiger partial charge in [-0.05, 0) is 24.3 Å². The van der Waals surface area contributed by atoms with E-state index in [0.29, 0.717) is 5.69 Å². The highest BCUT2D eigenvalue weighted by molar-refractivity contribution is 14.0. The number of rotatable bonds is 5. The monoisotopic (exact) mass is 517 g/mol. The molecule has 3 N–H and O–H groups in total. The van der Waals surface area contributed by atoms with Crippen molar-refractivity contribution in [3.8, 4) is 0 Å². The Morgan fingerprint density at radius 3 is 2.44 bits per heavy atom. The third-order valence-corrected chi connectivity index (χ3v) is 3.87. The summed E-state index contributed by atoms with van der Waals surface area (Å²) >= 11 is 0.870. The average molecular weight is 517 g/mol. The van der Waals surface area contributed by atoms with Gasteiger partial charge in [0.1, 0.15) is 10.8 Å². The van der Waals surface area contributed by atoms with Gasteiger partial charge in [-0.15, -0.1) is 35.3 Å². The van der Waals surface area contributed by atoms with E-state index in [2.05, 4.69) is 25.9 Å². The minimum absolute atomic E-state index is 0. The number of halogens is 5. The molecule has 2 aromatic rings. The van der Waals surface area contributed by atoms with Crippen molar-refractivity contribution in [1.29, 1.82) is 0 Å². The second kappa shape index (κ2) is 10.4. The molecule has 0 fully saturated rings. The summed E-state index contributed by atoms with van der Waals surface area (Å²) in [4.78, 5) is 19.2. The molecule has 12 heteroatoms. The number of hydrogen-bond acceptors (Lipinski definition) is 4. The lowest BCUT2D eigenvalue weighted by Crippen LogP contribution is -2.41. The second-order valence-electron chi connectivity index (χ2n) is 4.96. The molecule has 0 aliphatic heterocycles. The number of benzene rings is 1. The van der Waals surface area contributed by atoms with E-state index in [-0.39, 0.29) is 48.0 Å². The lowest BCUT2D eigenvalue weighted by atomic mass is 10.3. The van der Waals surface area contributed by atoms with Crippen molar-refractivity contribution < 1.29 is 22.4 Å². The molecule has 1 aromatic carbocycles. The van der Waals surface area contributed by atoms with Crippen LogP contribution in [0.3, 0.4) is 0 Å². The highest BCUT2D eigenvalue weighted by atomic mass is 127. The summed E-state index contributed by atoms with van der Waals surface area (Å²) in [5.41, 5.74) is -0.510. The van der Waals surface area contributed by atoms with E-state index in [4.69, 9.17) is 0 Å². The summed E-state index contributed by atoms with van der Waals surface area (Å²) < 4.78 is 50.3. The van der Waals surface area contributed by atoms with Gasteiger partial charge < -0.3 is 16.0 Å². The molecule has 0 aliphatic carbocycles. The number of amides is 1. The van der Waals surface area contributed by atoms with E-state index in [0.717, 1.165) is 16.7 Å². The van der Waals surface area contributed by atoms with Gasteiger partial charge in [0.05, 0.1) is 13.1 Å². The van der Waals surface area contributed by atoms with Crippen molar-refractivity contribution >= 4 is 52.9 Å². The first-order valence-electron chi connectivity index (χ1n) is 7.29. The molecular formula is C15H16F4IN5OS. The number of alkyl halides is 3. The molecule has 27 heavy (non-hydrogen) atoms. The first-order valence-corrected chi connectivity index (χ1v) is 8.17. The summed E-state index contributed by atoms with van der Waals surface area (Å²) in [5, 5.41) is 9.21. The van der Waals surface area contributed by atoms with E-state index >= 15 is 0 Å². The maximum absolute atomic E-state index is 12.8. The van der Waals surface area contributed by atoms with Crippen LogP contribution in [0.15, 0.2) is 34.6 Å². The van der Waals surface area contributed by atoms with Crippen LogP contribution in [0, 0.1) is 5.82 Å². The van der Waals surface area contributed by atoms with Crippen molar-refractivity contribution in [3.63, 3.8) is 0 Å². The summed E-state index contributed by atoms with van der Waals surface area (Å²) in [6.45, 7) is -0.108. The fourth-order valence-corrected chi connectivity index (χ4v) is 2.55. The molecule has 1 heterocycles. The Balaban J connectivity index is 0.00000364. The lowest BCUT2D eigenvalue weighted by Gasteiger charge is -2.11. The van der Waals surface area contributed by atoms with Crippen molar-refractivity contribution in [2.75, 3.05) is 18.9 Å². The first kappa shape index (κ1) is 23.1. The Bertz CT molecular complexity index is 779. The van der Waals surface area contributed by atoms with Gasteiger partial charge in [-0.2, -0.15) is 13.2 Å². The van der Waals surface area contributed by atoms with Crippen molar-refractivity contribution in [2.45, 2.75) is 12.7 Å². The Morgan fingerprint density at radius 2 is 1.89 bits per heavy atom. The number of thiazole rings is 1. The van der Waals surface area contributed by atoms with E-state index in [1.165, 1.54) is 31.3 Å². The van der Waals surface area contributed by atoms with Crippen LogP contribution in [-0.2, 0) is 17.5 Å². The van der Waals surface area contributed by atoms with Crippen molar-refractivity contribution in [2.24, 2.45) is 4.99 Å². The van der Waals surface area contributed by atoms with E-state index in [1.54, 1.807) is 0 Å². The van der Waals surface area contributed by atoms with Crippen LogP contribution in [-0.4, -0.2) is 30.4 Å². The molecule has 1 amide bonds. The summed E-state index contributed by atoms with van der Waals surface area (Å²) in [7, 11) is 1.45. The summed E-state index contributed by atoms with van der Waals surface area (Å²) in [6.07, 6.45) is -4.48. The fraction of sp³-hybridized carbons (Fsp3) is 0.267. The summed E-state index contributed by atoms with van der Waals surface area (Å²) in [6, 6.07) is 5.27. The number of aromatic nitrogens is 1. The van der Waals surface area contributed by atoms with Crippen LogP contribution in [0.1, 0.15) is 10.7 Å². The lowest BCUT2D eigenvalue weighted by molar-refractivity contribution is -0.140. The van der Waals surface area contributed by atoms with Gasteiger partial charge in [0.25, 0.3) is 0 Å². The normalized spacial score (nSPS) is 11.5. The fourth-order valence-electron chi connectivity index (χ4n) is 1.80. The number of aliphatic imine (C=N–C) groups is 1. The minimum atomic E-state index is -4.48. The van der Waals surface area contributed by atoms with E-state index in [9.17, 15) is 22.4 Å². The Morgan fingerprint density at radius 1 is 1.22 bits per heavy atom. The third kappa shape index (κ3) is 7.66. The molecular weight excluding hydrogens is 501 g/mol. The molecule has 0 radical (unpaired) electrons. The Kier molecular flexibility index (Phi) is 8.88. The minimum Gasteiger partial charge on any atom is -0.350 e. The molecule has 0 bridgehead atoms. The third-order valence-electron chi connectivity index (χ3n) is 3.02. The van der Waals surface area contributed by atoms with Gasteiger partial charge in [0, 0.05) is 18.1 Å². The van der Waals surface area contributed by atoms with Gasteiger partial charge in [-0.1, -0.05) is 0 Å². The van der Waals surface area contributed by atoms with E-state index in [1.807, 2.05) is 0 Å². The van der Waals surface area contributed by atoms with Gasteiger partial charge >= 0.3 is 6.18 Å². The number of anilines is 1. The van der Waals surface area contributed by atoms with Crippen LogP contribution in [0.2, 0.25) is 0 Å². The van der Waals surface area contributed by atoms with Gasteiger partial charge in [-0.3, -0.25) is 9.79 Å². The molecule has 0 saturated carbocycles. The molecule has 0 spiro atoms. The number of guanidine groups is 1. The predicted octanol–water partition coefficient (Wildman–Crippen LogP) is 3.22. The zero-order chi connectivity index (χ0) is 19.2. The number of nitrogens with one attached hydrogen (secondary N) is 3. The Hall–Kier alpha value is -1.96. The van der Waals surface area contributed by atoms with Crippen molar-refractivity contribution in [3.05, 3.63) is 46.2 Å². The second-order valence-corrected chi connectivity index (χ2v) is 5.90. The van der Waals surface area contributed by atoms with Gasteiger partial charge in [0.15, 0.2) is 11.7 Å². The zero-order valence-corrected chi connectivity index (χ0v) is 17.1. The van der Waals surface area contributed by atoms with Crippen molar-refractivity contribution in [1.82, 2.24) is 15.6 Å². The zero-order valence-electron chi connectivity index (χ0n) is 13.9. The molecule has 0 atom stereocenters.